The van der Waals surface area contributed by atoms with E-state index in [-0.39, 0.29) is 34.6 Å². The maximum Gasteiger partial charge on any atom is 0.490 e. The van der Waals surface area contributed by atoms with Gasteiger partial charge in [0.05, 0.1) is 18.6 Å². The van der Waals surface area contributed by atoms with Crippen molar-refractivity contribution in [1.82, 2.24) is 29.5 Å². The van der Waals surface area contributed by atoms with Gasteiger partial charge in [-0.05, 0) is 24.1 Å². The van der Waals surface area contributed by atoms with Crippen molar-refractivity contribution in [3.63, 3.8) is 0 Å². The Morgan fingerprint density at radius 2 is 1.49 bits per heavy atom. The highest BCUT2D eigenvalue weighted by atomic mass is 31.3. The largest absolute Gasteiger partial charge is 0.490 e. The van der Waals surface area contributed by atoms with Crippen molar-refractivity contribution in [1.29, 1.82) is 0 Å². The van der Waals surface area contributed by atoms with Gasteiger partial charge in [0.2, 0.25) is 18.2 Å². The van der Waals surface area contributed by atoms with Crippen molar-refractivity contribution in [3.05, 3.63) is 56.9 Å². The Morgan fingerprint density at radius 1 is 0.852 bits per heavy atom. The van der Waals surface area contributed by atoms with E-state index in [4.69, 9.17) is 25.5 Å². The Bertz CT molecular complexity index is 2600. The third-order valence-electron chi connectivity index (χ3n) is 9.29. The van der Waals surface area contributed by atoms with Crippen LogP contribution in [0, 0.1) is 0 Å². The van der Waals surface area contributed by atoms with Crippen LogP contribution in [0.4, 0.5) is 29.1 Å². The minimum absolute atomic E-state index is 0.142. The molecule has 2 saturated heterocycles. The number of nitrogens with one attached hydrogen (secondary N) is 2. The number of nitrogens with zero attached hydrogens (tertiary/aromatic N) is 8. The Labute approximate surface area is 339 Å². The number of rotatable bonds is 14. The molecule has 0 spiro atoms. The number of aromatic amines is 2. The summed E-state index contributed by atoms with van der Waals surface area (Å²) in [6.45, 7) is 0.821. The molecule has 0 amide bonds. The van der Waals surface area contributed by atoms with Crippen LogP contribution in [0.15, 0.2) is 50.4 Å². The quantitative estimate of drug-likeness (QED) is 0.0498. The number of anilines is 4. The minimum atomic E-state index is -6.16. The minimum Gasteiger partial charge on any atom is -0.387 e. The maximum atomic E-state index is 13.0. The number of hydrogen-bond donors (Lipinski definition) is 11. The molecule has 1 aromatic carbocycles. The Morgan fingerprint density at radius 3 is 2.18 bits per heavy atom. The summed E-state index contributed by atoms with van der Waals surface area (Å²) in [5, 5.41) is 51.5. The lowest BCUT2D eigenvalue weighted by molar-refractivity contribution is -0.120. The normalized spacial score (nSPS) is 29.6. The molecule has 3 aliphatic rings. The Balaban J connectivity index is 1.01. The summed E-state index contributed by atoms with van der Waals surface area (Å²) >= 11 is 0. The summed E-state index contributed by atoms with van der Waals surface area (Å²) in [7, 11) is -16.5. The Hall–Kier alpha value is -4.58. The number of phosphoric acid groups is 3. The molecule has 332 valence electrons. The first kappa shape index (κ1) is 44.5. The van der Waals surface area contributed by atoms with Crippen LogP contribution in [0.5, 0.6) is 0 Å². The fourth-order valence-electron chi connectivity index (χ4n) is 6.47. The fraction of sp³-hybridized carbons (Fsp3) is 0.464. The number of hydrogen-bond acceptors (Lipinski definition) is 24. The van der Waals surface area contributed by atoms with Gasteiger partial charge in [0.1, 0.15) is 36.2 Å². The number of nitrogen functional groups attached to an aromatic ring is 2. The maximum absolute atomic E-state index is 13.0. The molecule has 0 bridgehead atoms. The van der Waals surface area contributed by atoms with Crippen molar-refractivity contribution in [3.8, 4) is 0 Å². The highest BCUT2D eigenvalue weighted by molar-refractivity contribution is 7.66. The summed E-state index contributed by atoms with van der Waals surface area (Å²) < 4.78 is 68.0. The van der Waals surface area contributed by atoms with Crippen LogP contribution >= 0.6 is 23.5 Å². The van der Waals surface area contributed by atoms with Gasteiger partial charge < -0.3 is 60.9 Å². The topological polar surface area (TPSA) is 441 Å². The van der Waals surface area contributed by atoms with Crippen molar-refractivity contribution in [2.45, 2.75) is 68.9 Å². The lowest BCUT2D eigenvalue weighted by atomic mass is 10.1. The number of aliphatic hydroxyl groups is 4. The van der Waals surface area contributed by atoms with Gasteiger partial charge in [-0.1, -0.05) is 19.1 Å². The second kappa shape index (κ2) is 16.6. The molecule has 3 aromatic heterocycles. The van der Waals surface area contributed by atoms with E-state index < -0.39 is 96.7 Å². The number of H-pyrrole nitrogens is 2. The molecule has 13 N–H and O–H groups in total. The SMILES string of the molecule is CCc1ccc(N=NC2N(C)c3c(nc(N)[nH]c3=O)N2[C@@H]2O[C@H](OP(=O)(O)OP(=O)(O)OP(=O)(O)OC[C@H]3O[C@@H](n4cnc5c(=O)[nH]c(N)nc54)[C@@H](O)C3O)C(O)C2O)cc1. The number of aliphatic hydroxyl groups excluding tert-OH is 4. The van der Waals surface area contributed by atoms with E-state index in [0.717, 1.165) is 27.8 Å². The second-order valence-electron chi connectivity index (χ2n) is 13.4. The highest BCUT2D eigenvalue weighted by Gasteiger charge is 2.55. The number of fused-ring (bicyclic) bond motifs is 2. The molecule has 7 unspecified atom stereocenters. The van der Waals surface area contributed by atoms with Crippen molar-refractivity contribution in [2.24, 2.45) is 10.2 Å². The molecule has 3 aliphatic heterocycles. The number of benzene rings is 1. The smallest absolute Gasteiger partial charge is 0.387 e. The van der Waals surface area contributed by atoms with E-state index in [1.807, 2.05) is 6.92 Å². The molecule has 6 heterocycles. The number of azo groups is 1. The van der Waals surface area contributed by atoms with Gasteiger partial charge in [0.15, 0.2) is 35.7 Å². The molecule has 0 aliphatic carbocycles. The summed E-state index contributed by atoms with van der Waals surface area (Å²) in [5.41, 5.74) is 10.7. The Kier molecular flexibility index (Phi) is 12.1. The monoisotopic (exact) mass is 922 g/mol. The average molecular weight is 923 g/mol. The molecule has 0 radical (unpaired) electrons. The number of nitrogens with two attached hydrogens (primary N) is 2. The molecule has 61 heavy (non-hydrogen) atoms. The average Bonchev–Trinajstić information content (AvgIpc) is 3.87. The first-order valence-electron chi connectivity index (χ1n) is 17.5. The summed E-state index contributed by atoms with van der Waals surface area (Å²) in [5.74, 6) is -0.943. The molecule has 2 fully saturated rings. The van der Waals surface area contributed by atoms with Gasteiger partial charge in [-0.2, -0.15) is 23.7 Å². The number of imidazole rings is 1. The molecule has 0 saturated carbocycles. The first-order chi connectivity index (χ1) is 28.6. The summed E-state index contributed by atoms with van der Waals surface area (Å²) in [6.07, 6.45) is -14.9. The fourth-order valence-corrected chi connectivity index (χ4v) is 10.1. The highest BCUT2D eigenvalue weighted by Crippen LogP contribution is 2.68. The third-order valence-corrected chi connectivity index (χ3v) is 13.5. The molecular formula is C28H37N12O18P3. The van der Waals surface area contributed by atoms with Gasteiger partial charge in [-0.15, -0.1) is 5.11 Å². The summed E-state index contributed by atoms with van der Waals surface area (Å²) in [6, 6.07) is 6.93. The van der Waals surface area contributed by atoms with Crippen molar-refractivity contribution < 1.29 is 75.9 Å². The predicted molar refractivity (Wildman–Crippen MR) is 202 cm³/mol. The molecular weight excluding hydrogens is 885 g/mol. The molecule has 33 heteroatoms. The van der Waals surface area contributed by atoms with Crippen LogP contribution in [0.3, 0.4) is 0 Å². The van der Waals surface area contributed by atoms with Gasteiger partial charge in [-0.25, -0.2) is 18.7 Å². The van der Waals surface area contributed by atoms with E-state index >= 15 is 0 Å². The summed E-state index contributed by atoms with van der Waals surface area (Å²) in [4.78, 5) is 74.5. The predicted octanol–water partition coefficient (Wildman–Crippen LogP) is -1.66. The number of phosphoric ester groups is 2. The van der Waals surface area contributed by atoms with E-state index in [1.165, 1.54) is 11.9 Å². The van der Waals surface area contributed by atoms with Crippen LogP contribution < -0.4 is 32.4 Å². The zero-order chi connectivity index (χ0) is 44.3. The molecule has 4 aromatic rings. The van der Waals surface area contributed by atoms with Crippen LogP contribution in [-0.4, -0.2) is 128 Å². The van der Waals surface area contributed by atoms with E-state index in [0.29, 0.717) is 5.69 Å². The standard InChI is InChI=1S/C28H37N12O18P3/c1-3-10-4-6-11(7-5-10)36-37-28-38(2)14-20(33-27(30)35-22(14)46)40(28)24-17(43)18(44)25(55-24)56-60(49,50)58-61(51,52)57-59(47,48)53-8-12-15(41)16(42)23(54-12)39-9-31-13-19(39)32-26(29)34-21(13)45/h4-7,9,12,15-18,23-25,28,41-44H,3,8H2,1-2H3,(H,47,48)(H,49,50)(H,51,52)(H3,29,32,34,45)(H3,30,33,35,46)/t12-,15?,16+,17?,18?,23-,24-,25-,28?/m1/s1. The van der Waals surface area contributed by atoms with Crippen LogP contribution in [0.1, 0.15) is 18.7 Å². The van der Waals surface area contributed by atoms with E-state index in [1.54, 1.807) is 24.3 Å². The van der Waals surface area contributed by atoms with Gasteiger partial charge in [-0.3, -0.25) is 38.1 Å². The molecule has 12 atom stereocenters. The van der Waals surface area contributed by atoms with Crippen LogP contribution in [0.2, 0.25) is 0 Å². The van der Waals surface area contributed by atoms with E-state index in [2.05, 4.69) is 48.3 Å². The van der Waals surface area contributed by atoms with Crippen LogP contribution in [0.25, 0.3) is 11.2 Å². The number of aromatic nitrogens is 6. The van der Waals surface area contributed by atoms with Crippen LogP contribution in [-0.2, 0) is 47.3 Å². The number of aryl methyl sites for hydroxylation is 1. The zero-order valence-electron chi connectivity index (χ0n) is 31.2. The van der Waals surface area contributed by atoms with Gasteiger partial charge >= 0.3 is 23.5 Å². The molecule has 7 rings (SSSR count). The number of ether oxygens (including phenoxy) is 2. The van der Waals surface area contributed by atoms with Crippen molar-refractivity contribution >= 4 is 63.7 Å². The second-order valence-corrected chi connectivity index (χ2v) is 18.0. The lowest BCUT2D eigenvalue weighted by Gasteiger charge is -2.31. The van der Waals surface area contributed by atoms with Crippen molar-refractivity contribution in [2.75, 3.05) is 34.9 Å². The van der Waals surface area contributed by atoms with Gasteiger partial charge in [0, 0.05) is 7.05 Å². The third kappa shape index (κ3) is 9.02. The molecule has 30 nitrogen and oxygen atoms in total. The van der Waals surface area contributed by atoms with Gasteiger partial charge in [0.25, 0.3) is 11.1 Å². The lowest BCUT2D eigenvalue weighted by Crippen LogP contribution is -2.51. The first-order valence-corrected chi connectivity index (χ1v) is 22.0. The zero-order valence-corrected chi connectivity index (χ0v) is 33.9. The van der Waals surface area contributed by atoms with E-state index in [9.17, 15) is 58.4 Å².